The van der Waals surface area contributed by atoms with Crippen LogP contribution in [0.2, 0.25) is 0 Å². The summed E-state index contributed by atoms with van der Waals surface area (Å²) in [5.74, 6) is 0.317. The van der Waals surface area contributed by atoms with Gasteiger partial charge in [-0.05, 0) is 23.8 Å². The molecule has 0 saturated carbocycles. The Morgan fingerprint density at radius 2 is 2.00 bits per heavy atom. The molecular weight excluding hydrogens is 248 g/mol. The number of ether oxygens (including phenoxy) is 1. The third-order valence-electron chi connectivity index (χ3n) is 2.47. The minimum atomic E-state index is -0.556. The van der Waals surface area contributed by atoms with Gasteiger partial charge in [-0.1, -0.05) is 0 Å². The van der Waals surface area contributed by atoms with Gasteiger partial charge < -0.3 is 4.74 Å². The van der Waals surface area contributed by atoms with Gasteiger partial charge in [0.25, 0.3) is 5.69 Å². The second kappa shape index (κ2) is 5.72. The van der Waals surface area contributed by atoms with E-state index in [1.807, 2.05) is 0 Å². The summed E-state index contributed by atoms with van der Waals surface area (Å²) >= 11 is 0. The summed E-state index contributed by atoms with van der Waals surface area (Å²) < 4.78 is 5.47. The maximum Gasteiger partial charge on any atom is 0.270 e. The molecule has 1 aromatic heterocycles. The monoisotopic (exact) mass is 258 g/mol. The highest BCUT2D eigenvalue weighted by molar-refractivity contribution is 5.80. The van der Waals surface area contributed by atoms with Crippen molar-refractivity contribution in [1.29, 1.82) is 0 Å². The molecule has 0 fully saturated rings. The molecule has 0 N–H and O–H groups in total. The lowest BCUT2D eigenvalue weighted by molar-refractivity contribution is -0.384. The lowest BCUT2D eigenvalue weighted by atomic mass is 10.2. The molecule has 0 bridgehead atoms. The predicted molar refractivity (Wildman–Crippen MR) is 67.1 cm³/mol. The van der Waals surface area contributed by atoms with Crippen LogP contribution in [0.25, 0.3) is 0 Å². The van der Waals surface area contributed by atoms with Crippen LogP contribution in [0.5, 0.6) is 5.75 Å². The van der Waals surface area contributed by atoms with Crippen molar-refractivity contribution in [1.82, 2.24) is 4.98 Å². The molecule has 0 saturated heterocycles. The van der Waals surface area contributed by atoms with E-state index in [0.717, 1.165) is 5.56 Å². The number of benzene rings is 1. The molecule has 0 atom stereocenters. The highest BCUT2D eigenvalue weighted by atomic mass is 16.6. The van der Waals surface area contributed by atoms with E-state index in [1.54, 1.807) is 24.5 Å². The largest absolute Gasteiger partial charge is 0.488 e. The minimum Gasteiger partial charge on any atom is -0.488 e. The fourth-order valence-corrected chi connectivity index (χ4v) is 1.51. The summed E-state index contributed by atoms with van der Waals surface area (Å²) in [7, 11) is 0. The van der Waals surface area contributed by atoms with Crippen LogP contribution in [-0.4, -0.2) is 16.2 Å². The van der Waals surface area contributed by atoms with Gasteiger partial charge in [-0.25, -0.2) is 0 Å². The van der Waals surface area contributed by atoms with E-state index in [-0.39, 0.29) is 17.9 Å². The normalized spacial score (nSPS) is 9.89. The number of pyridine rings is 1. The first-order valence-corrected chi connectivity index (χ1v) is 5.46. The molecule has 1 aromatic carbocycles. The van der Waals surface area contributed by atoms with Gasteiger partial charge in [-0.3, -0.25) is 19.9 Å². The standard InChI is InChI=1S/C13H10N2O4/c16-8-11-7-12(15(17)18)1-2-13(11)19-9-10-3-5-14-6-4-10/h1-8H,9H2. The zero-order valence-corrected chi connectivity index (χ0v) is 9.85. The molecule has 1 heterocycles. The third kappa shape index (κ3) is 3.12. The SMILES string of the molecule is O=Cc1cc([N+](=O)[O-])ccc1OCc1ccncc1. The molecule has 96 valence electrons. The summed E-state index contributed by atoms with van der Waals surface area (Å²) in [4.78, 5) is 24.8. The first kappa shape index (κ1) is 12.7. The summed E-state index contributed by atoms with van der Waals surface area (Å²) in [6.07, 6.45) is 3.80. The van der Waals surface area contributed by atoms with E-state index >= 15 is 0 Å². The van der Waals surface area contributed by atoms with Gasteiger partial charge in [0.05, 0.1) is 10.5 Å². The minimum absolute atomic E-state index is 0.140. The van der Waals surface area contributed by atoms with E-state index < -0.39 is 4.92 Å². The number of hydrogen-bond donors (Lipinski definition) is 0. The highest BCUT2D eigenvalue weighted by Gasteiger charge is 2.11. The average Bonchev–Trinajstić information content (AvgIpc) is 2.45. The number of aldehydes is 1. The number of nitrogens with zero attached hydrogens (tertiary/aromatic N) is 2. The molecular formula is C13H10N2O4. The van der Waals surface area contributed by atoms with E-state index in [1.165, 1.54) is 18.2 Å². The number of nitro groups is 1. The van der Waals surface area contributed by atoms with Gasteiger partial charge in [-0.15, -0.1) is 0 Å². The van der Waals surface area contributed by atoms with Gasteiger partial charge in [0.2, 0.25) is 0 Å². The van der Waals surface area contributed by atoms with Gasteiger partial charge >= 0.3 is 0 Å². The van der Waals surface area contributed by atoms with E-state index in [2.05, 4.69) is 4.98 Å². The van der Waals surface area contributed by atoms with Crippen LogP contribution in [0.15, 0.2) is 42.7 Å². The van der Waals surface area contributed by atoms with Crippen LogP contribution in [0.4, 0.5) is 5.69 Å². The second-order valence-electron chi connectivity index (χ2n) is 3.74. The molecule has 0 aliphatic heterocycles. The van der Waals surface area contributed by atoms with Crippen LogP contribution in [0, 0.1) is 10.1 Å². The van der Waals surface area contributed by atoms with Crippen molar-refractivity contribution in [2.75, 3.05) is 0 Å². The Hall–Kier alpha value is -2.76. The fraction of sp³-hybridized carbons (Fsp3) is 0.0769. The number of aromatic nitrogens is 1. The molecule has 0 radical (unpaired) electrons. The van der Waals surface area contributed by atoms with Crippen molar-refractivity contribution in [3.05, 3.63) is 64.0 Å². The fourth-order valence-electron chi connectivity index (χ4n) is 1.51. The summed E-state index contributed by atoms with van der Waals surface area (Å²) in [6, 6.07) is 7.48. The Morgan fingerprint density at radius 3 is 2.63 bits per heavy atom. The van der Waals surface area contributed by atoms with Crippen LogP contribution in [0.3, 0.4) is 0 Å². The summed E-state index contributed by atoms with van der Waals surface area (Å²) in [5.41, 5.74) is 0.909. The lowest BCUT2D eigenvalue weighted by Crippen LogP contribution is -1.99. The molecule has 0 amide bonds. The van der Waals surface area contributed by atoms with Crippen LogP contribution < -0.4 is 4.74 Å². The number of carbonyl (C=O) groups is 1. The molecule has 19 heavy (non-hydrogen) atoms. The van der Waals surface area contributed by atoms with Crippen molar-refractivity contribution in [3.63, 3.8) is 0 Å². The van der Waals surface area contributed by atoms with Crippen LogP contribution in [-0.2, 0) is 6.61 Å². The Kier molecular flexibility index (Phi) is 3.82. The predicted octanol–water partition coefficient (Wildman–Crippen LogP) is 2.38. The van der Waals surface area contributed by atoms with Gasteiger partial charge in [0.15, 0.2) is 6.29 Å². The maximum absolute atomic E-state index is 10.9. The van der Waals surface area contributed by atoms with Crippen molar-refractivity contribution in [3.8, 4) is 5.75 Å². The van der Waals surface area contributed by atoms with Crippen molar-refractivity contribution >= 4 is 12.0 Å². The van der Waals surface area contributed by atoms with Gasteiger partial charge in [0, 0.05) is 24.5 Å². The smallest absolute Gasteiger partial charge is 0.270 e. The molecule has 2 aromatic rings. The Morgan fingerprint density at radius 1 is 1.26 bits per heavy atom. The summed E-state index contributed by atoms with van der Waals surface area (Å²) in [5, 5.41) is 10.6. The van der Waals surface area contributed by atoms with Gasteiger partial charge in [-0.2, -0.15) is 0 Å². The second-order valence-corrected chi connectivity index (χ2v) is 3.74. The lowest BCUT2D eigenvalue weighted by Gasteiger charge is -2.08. The van der Waals surface area contributed by atoms with Crippen molar-refractivity contribution in [2.24, 2.45) is 0 Å². The Bertz CT molecular complexity index is 599. The van der Waals surface area contributed by atoms with Crippen molar-refractivity contribution in [2.45, 2.75) is 6.61 Å². The number of nitro benzene ring substituents is 1. The molecule has 6 nitrogen and oxygen atoms in total. The molecule has 0 unspecified atom stereocenters. The van der Waals surface area contributed by atoms with Crippen LogP contribution >= 0.6 is 0 Å². The maximum atomic E-state index is 10.9. The zero-order valence-electron chi connectivity index (χ0n) is 9.85. The molecule has 6 heteroatoms. The number of hydrogen-bond acceptors (Lipinski definition) is 5. The zero-order chi connectivity index (χ0) is 13.7. The molecule has 0 aliphatic rings. The number of rotatable bonds is 5. The molecule has 0 spiro atoms. The quantitative estimate of drug-likeness (QED) is 0.467. The molecule has 0 aliphatic carbocycles. The first-order chi connectivity index (χ1) is 9.20. The highest BCUT2D eigenvalue weighted by Crippen LogP contribution is 2.23. The summed E-state index contributed by atoms with van der Waals surface area (Å²) in [6.45, 7) is 0.265. The van der Waals surface area contributed by atoms with Gasteiger partial charge in [0.1, 0.15) is 12.4 Å². The Labute approximate surface area is 108 Å². The third-order valence-corrected chi connectivity index (χ3v) is 2.47. The Balaban J connectivity index is 2.16. The molecule has 2 rings (SSSR count). The number of non-ortho nitro benzene ring substituents is 1. The van der Waals surface area contributed by atoms with Crippen LogP contribution in [0.1, 0.15) is 15.9 Å². The van der Waals surface area contributed by atoms with Crippen molar-refractivity contribution < 1.29 is 14.5 Å². The average molecular weight is 258 g/mol. The topological polar surface area (TPSA) is 82.3 Å². The van der Waals surface area contributed by atoms with E-state index in [4.69, 9.17) is 4.74 Å². The van der Waals surface area contributed by atoms with E-state index in [0.29, 0.717) is 12.0 Å². The number of carbonyl (C=O) groups excluding carboxylic acids is 1. The first-order valence-electron chi connectivity index (χ1n) is 5.46. The van der Waals surface area contributed by atoms with E-state index in [9.17, 15) is 14.9 Å².